The number of aromatic nitrogens is 2. The minimum atomic E-state index is 0.688. The third kappa shape index (κ3) is 3.43. The first-order chi connectivity index (χ1) is 10.2. The molecule has 0 saturated heterocycles. The second-order valence-electron chi connectivity index (χ2n) is 4.95. The molecular formula is C14H18N4O2S. The summed E-state index contributed by atoms with van der Waals surface area (Å²) in [5.74, 6) is 1.70. The number of anilines is 1. The van der Waals surface area contributed by atoms with E-state index in [2.05, 4.69) is 14.9 Å². The first kappa shape index (κ1) is 14.1. The van der Waals surface area contributed by atoms with Gasteiger partial charge in [-0.15, -0.1) is 0 Å². The average molecular weight is 306 g/mol. The van der Waals surface area contributed by atoms with Crippen LogP contribution in [0.1, 0.15) is 5.69 Å². The van der Waals surface area contributed by atoms with Gasteiger partial charge in [-0.1, -0.05) is 0 Å². The van der Waals surface area contributed by atoms with E-state index in [4.69, 9.17) is 8.92 Å². The molecular weight excluding hydrogens is 288 g/mol. The lowest BCUT2D eigenvalue weighted by Crippen LogP contribution is -2.32. The van der Waals surface area contributed by atoms with Gasteiger partial charge in [-0.2, -0.15) is 0 Å². The third-order valence-electron chi connectivity index (χ3n) is 3.09. The van der Waals surface area contributed by atoms with Crippen LogP contribution >= 0.6 is 12.2 Å². The SMILES string of the molecule is CN(C)SOc1ccc2c(c1)N(Cc1cnc[nH]1)CCO2. The molecule has 3 rings (SSSR count). The molecule has 21 heavy (non-hydrogen) atoms. The highest BCUT2D eigenvalue weighted by molar-refractivity contribution is 7.92. The van der Waals surface area contributed by atoms with Gasteiger partial charge in [0.05, 0.1) is 30.8 Å². The lowest BCUT2D eigenvalue weighted by Gasteiger charge is -2.31. The van der Waals surface area contributed by atoms with Gasteiger partial charge in [-0.25, -0.2) is 9.29 Å². The molecule has 1 N–H and O–H groups in total. The molecule has 0 bridgehead atoms. The van der Waals surface area contributed by atoms with Gasteiger partial charge in [-0.05, 0) is 12.1 Å². The largest absolute Gasteiger partial charge is 0.490 e. The van der Waals surface area contributed by atoms with Crippen LogP contribution in [0.4, 0.5) is 5.69 Å². The van der Waals surface area contributed by atoms with Crippen LogP contribution in [-0.4, -0.2) is 41.5 Å². The van der Waals surface area contributed by atoms with Crippen molar-refractivity contribution in [2.75, 3.05) is 32.1 Å². The summed E-state index contributed by atoms with van der Waals surface area (Å²) in [6, 6.07) is 5.90. The van der Waals surface area contributed by atoms with Gasteiger partial charge in [0.15, 0.2) is 0 Å². The summed E-state index contributed by atoms with van der Waals surface area (Å²) in [7, 11) is 3.88. The number of benzene rings is 1. The molecule has 1 aliphatic heterocycles. The van der Waals surface area contributed by atoms with Gasteiger partial charge in [0.1, 0.15) is 30.3 Å². The lowest BCUT2D eigenvalue weighted by molar-refractivity contribution is 0.306. The zero-order valence-electron chi connectivity index (χ0n) is 12.1. The maximum absolute atomic E-state index is 5.71. The lowest BCUT2D eigenvalue weighted by atomic mass is 10.2. The van der Waals surface area contributed by atoms with E-state index in [-0.39, 0.29) is 0 Å². The molecule has 1 aliphatic rings. The van der Waals surface area contributed by atoms with Crippen LogP contribution in [0.5, 0.6) is 11.5 Å². The zero-order valence-corrected chi connectivity index (χ0v) is 12.9. The predicted molar refractivity (Wildman–Crippen MR) is 83.5 cm³/mol. The number of nitrogens with zero attached hydrogens (tertiary/aromatic N) is 3. The number of H-pyrrole nitrogens is 1. The summed E-state index contributed by atoms with van der Waals surface area (Å²) in [5, 5.41) is 0. The van der Waals surface area contributed by atoms with Crippen molar-refractivity contribution in [2.24, 2.45) is 0 Å². The fourth-order valence-corrected chi connectivity index (χ4v) is 2.50. The fourth-order valence-electron chi connectivity index (χ4n) is 2.16. The molecule has 0 atom stereocenters. The average Bonchev–Trinajstić information content (AvgIpc) is 2.98. The van der Waals surface area contributed by atoms with Crippen LogP contribution in [0.2, 0.25) is 0 Å². The zero-order chi connectivity index (χ0) is 14.7. The Kier molecular flexibility index (Phi) is 4.21. The fraction of sp³-hybridized carbons (Fsp3) is 0.357. The van der Waals surface area contributed by atoms with Crippen molar-refractivity contribution in [3.05, 3.63) is 36.4 Å². The van der Waals surface area contributed by atoms with Crippen molar-refractivity contribution in [3.8, 4) is 11.5 Å². The van der Waals surface area contributed by atoms with Gasteiger partial charge in [0, 0.05) is 26.4 Å². The van der Waals surface area contributed by atoms with E-state index in [9.17, 15) is 0 Å². The maximum atomic E-state index is 5.71. The van der Waals surface area contributed by atoms with E-state index in [1.54, 1.807) is 6.33 Å². The number of hydrogen-bond donors (Lipinski definition) is 1. The molecule has 1 aromatic carbocycles. The maximum Gasteiger partial charge on any atom is 0.146 e. The summed E-state index contributed by atoms with van der Waals surface area (Å²) >= 11 is 1.30. The van der Waals surface area contributed by atoms with Gasteiger partial charge < -0.3 is 18.8 Å². The van der Waals surface area contributed by atoms with Crippen molar-refractivity contribution < 1.29 is 8.92 Å². The Morgan fingerprint density at radius 2 is 2.38 bits per heavy atom. The van der Waals surface area contributed by atoms with Crippen LogP contribution < -0.4 is 13.8 Å². The minimum absolute atomic E-state index is 0.688. The molecule has 0 fully saturated rings. The van der Waals surface area contributed by atoms with Crippen molar-refractivity contribution in [3.63, 3.8) is 0 Å². The van der Waals surface area contributed by atoms with E-state index in [0.29, 0.717) is 6.61 Å². The number of aromatic amines is 1. The number of fused-ring (bicyclic) bond motifs is 1. The standard InChI is InChI=1S/C14H18N4O2S/c1-17(2)21-20-12-3-4-14-13(7-12)18(5-6-19-14)9-11-8-15-10-16-11/h3-4,7-8,10H,5-6,9H2,1-2H3,(H,15,16). The minimum Gasteiger partial charge on any atom is -0.490 e. The molecule has 112 valence electrons. The van der Waals surface area contributed by atoms with Gasteiger partial charge >= 0.3 is 0 Å². The molecule has 1 aromatic heterocycles. The van der Waals surface area contributed by atoms with Crippen LogP contribution in [0.25, 0.3) is 0 Å². The highest BCUT2D eigenvalue weighted by atomic mass is 32.2. The molecule has 0 spiro atoms. The molecule has 0 amide bonds. The number of imidazole rings is 1. The molecule has 2 aromatic rings. The number of nitrogens with one attached hydrogen (secondary N) is 1. The molecule has 0 radical (unpaired) electrons. The van der Waals surface area contributed by atoms with Crippen LogP contribution in [0, 0.1) is 0 Å². The molecule has 7 heteroatoms. The van der Waals surface area contributed by atoms with E-state index >= 15 is 0 Å². The smallest absolute Gasteiger partial charge is 0.146 e. The second-order valence-corrected chi connectivity index (χ2v) is 5.99. The first-order valence-electron chi connectivity index (χ1n) is 6.73. The van der Waals surface area contributed by atoms with Crippen molar-refractivity contribution >= 4 is 17.9 Å². The number of hydrogen-bond acceptors (Lipinski definition) is 6. The van der Waals surface area contributed by atoms with E-state index < -0.39 is 0 Å². The molecule has 0 saturated carbocycles. The highest BCUT2D eigenvalue weighted by Gasteiger charge is 2.19. The summed E-state index contributed by atoms with van der Waals surface area (Å²) in [5.41, 5.74) is 2.13. The van der Waals surface area contributed by atoms with Gasteiger partial charge in [-0.3, -0.25) is 0 Å². The summed E-state index contributed by atoms with van der Waals surface area (Å²) in [4.78, 5) is 9.46. The quantitative estimate of drug-likeness (QED) is 0.676. The van der Waals surface area contributed by atoms with Crippen LogP contribution in [-0.2, 0) is 6.54 Å². The highest BCUT2D eigenvalue weighted by Crippen LogP contribution is 2.36. The summed E-state index contributed by atoms with van der Waals surface area (Å²) in [6.07, 6.45) is 3.54. The molecule has 0 unspecified atom stereocenters. The van der Waals surface area contributed by atoms with Gasteiger partial charge in [0.25, 0.3) is 0 Å². The molecule has 6 nitrogen and oxygen atoms in total. The Bertz CT molecular complexity index is 589. The molecule has 2 heterocycles. The predicted octanol–water partition coefficient (Wildman–Crippen LogP) is 2.31. The van der Waals surface area contributed by atoms with E-state index in [1.807, 2.05) is 42.8 Å². The van der Waals surface area contributed by atoms with Crippen molar-refractivity contribution in [2.45, 2.75) is 6.54 Å². The molecule has 0 aliphatic carbocycles. The Hall–Kier alpha value is -1.86. The topological polar surface area (TPSA) is 53.6 Å². The normalized spacial score (nSPS) is 14.0. The van der Waals surface area contributed by atoms with Gasteiger partial charge in [0.2, 0.25) is 0 Å². The van der Waals surface area contributed by atoms with Crippen LogP contribution in [0.15, 0.2) is 30.7 Å². The Morgan fingerprint density at radius 1 is 1.48 bits per heavy atom. The Morgan fingerprint density at radius 3 is 3.14 bits per heavy atom. The second kappa shape index (κ2) is 6.28. The van der Waals surface area contributed by atoms with Crippen LogP contribution in [0.3, 0.4) is 0 Å². The van der Waals surface area contributed by atoms with Crippen molar-refractivity contribution in [1.82, 2.24) is 14.3 Å². The monoisotopic (exact) mass is 306 g/mol. The van der Waals surface area contributed by atoms with E-state index in [1.165, 1.54) is 12.2 Å². The first-order valence-corrected chi connectivity index (χ1v) is 7.43. The Balaban J connectivity index is 1.79. The third-order valence-corrected chi connectivity index (χ3v) is 3.65. The van der Waals surface area contributed by atoms with E-state index in [0.717, 1.165) is 36.0 Å². The number of rotatable bonds is 5. The Labute approximate surface area is 128 Å². The summed E-state index contributed by atoms with van der Waals surface area (Å²) in [6.45, 7) is 2.31. The van der Waals surface area contributed by atoms with Crippen molar-refractivity contribution in [1.29, 1.82) is 0 Å². The summed E-state index contributed by atoms with van der Waals surface area (Å²) < 4.78 is 13.3. The number of ether oxygens (including phenoxy) is 1.